The van der Waals surface area contributed by atoms with Gasteiger partial charge in [0.15, 0.2) is 0 Å². The molecule has 1 unspecified atom stereocenters. The molecule has 6 nitrogen and oxygen atoms in total. The Bertz CT molecular complexity index is 507. The second-order valence-corrected chi connectivity index (χ2v) is 7.29. The maximum Gasteiger partial charge on any atom is 0.322 e. The summed E-state index contributed by atoms with van der Waals surface area (Å²) >= 11 is 0. The van der Waals surface area contributed by atoms with Gasteiger partial charge in [0, 0.05) is 13.1 Å². The fourth-order valence-corrected chi connectivity index (χ4v) is 4.32. The fraction of sp³-hybridized carbons (Fsp3) is 0.769. The van der Waals surface area contributed by atoms with Gasteiger partial charge in [0.2, 0.25) is 0 Å². The highest BCUT2D eigenvalue weighted by Gasteiger charge is 2.41. The van der Waals surface area contributed by atoms with Crippen LogP contribution >= 0.6 is 0 Å². The maximum absolute atomic E-state index is 12.6. The molecule has 1 aliphatic carbocycles. The predicted molar refractivity (Wildman–Crippen MR) is 74.0 cm³/mol. The molecule has 2 fully saturated rings. The van der Waals surface area contributed by atoms with Gasteiger partial charge in [-0.3, -0.25) is 4.79 Å². The van der Waals surface area contributed by atoms with Crippen LogP contribution in [0.3, 0.4) is 0 Å². The molecule has 20 heavy (non-hydrogen) atoms. The van der Waals surface area contributed by atoms with Crippen molar-refractivity contribution < 1.29 is 18.3 Å². The van der Waals surface area contributed by atoms with E-state index >= 15 is 0 Å². The highest BCUT2D eigenvalue weighted by atomic mass is 32.2. The number of piperidine rings is 1. The topological polar surface area (TPSA) is 77.9 Å². The van der Waals surface area contributed by atoms with E-state index in [4.69, 9.17) is 6.42 Å². The van der Waals surface area contributed by atoms with Crippen LogP contribution in [-0.4, -0.2) is 53.8 Å². The second kappa shape index (κ2) is 6.12. The standard InChI is InChI=1S/C13H20N2O4S/c1-2-8-14(10-11-6-7-11)20(18,19)15-9-4-3-5-12(15)13(16)17/h1,11-12H,3-10H2,(H,16,17). The quantitative estimate of drug-likeness (QED) is 0.725. The first-order valence-corrected chi connectivity index (χ1v) is 8.29. The van der Waals surface area contributed by atoms with E-state index in [1.807, 2.05) is 0 Å². The lowest BCUT2D eigenvalue weighted by atomic mass is 10.1. The Labute approximate surface area is 119 Å². The molecule has 0 radical (unpaired) electrons. The first-order chi connectivity index (χ1) is 9.46. The largest absolute Gasteiger partial charge is 0.480 e. The first-order valence-electron chi connectivity index (χ1n) is 6.90. The minimum atomic E-state index is -3.79. The zero-order valence-corrected chi connectivity index (χ0v) is 12.2. The minimum absolute atomic E-state index is 0.00166. The average Bonchev–Trinajstić information content (AvgIpc) is 3.22. The van der Waals surface area contributed by atoms with Gasteiger partial charge >= 0.3 is 5.97 Å². The molecule has 1 N–H and O–H groups in total. The third-order valence-corrected chi connectivity index (χ3v) is 5.75. The van der Waals surface area contributed by atoms with Crippen LogP contribution in [0.4, 0.5) is 0 Å². The monoisotopic (exact) mass is 300 g/mol. The summed E-state index contributed by atoms with van der Waals surface area (Å²) in [4.78, 5) is 11.3. The molecule has 1 saturated carbocycles. The van der Waals surface area contributed by atoms with Crippen molar-refractivity contribution >= 4 is 16.2 Å². The van der Waals surface area contributed by atoms with Crippen LogP contribution in [0.25, 0.3) is 0 Å². The summed E-state index contributed by atoms with van der Waals surface area (Å²) in [5.41, 5.74) is 0. The predicted octanol–water partition coefficient (Wildman–Crippen LogP) is 0.516. The lowest BCUT2D eigenvalue weighted by Crippen LogP contribution is -2.53. The van der Waals surface area contributed by atoms with Gasteiger partial charge < -0.3 is 5.11 Å². The molecule has 0 aromatic heterocycles. The molecule has 1 atom stereocenters. The number of carboxylic acid groups (broad SMARTS) is 1. The van der Waals surface area contributed by atoms with Crippen LogP contribution in [0, 0.1) is 18.3 Å². The number of terminal acetylenes is 1. The van der Waals surface area contributed by atoms with Gasteiger partial charge in [-0.15, -0.1) is 6.42 Å². The highest BCUT2D eigenvalue weighted by molar-refractivity contribution is 7.86. The Morgan fingerprint density at radius 3 is 2.60 bits per heavy atom. The molecule has 1 heterocycles. The number of carbonyl (C=O) groups is 1. The van der Waals surface area contributed by atoms with E-state index in [1.165, 1.54) is 4.31 Å². The zero-order chi connectivity index (χ0) is 14.8. The third kappa shape index (κ3) is 3.32. The van der Waals surface area contributed by atoms with Crippen molar-refractivity contribution in [3.63, 3.8) is 0 Å². The van der Waals surface area contributed by atoms with E-state index in [2.05, 4.69) is 5.92 Å². The number of aliphatic carboxylic acids is 1. The summed E-state index contributed by atoms with van der Waals surface area (Å²) in [5, 5.41) is 9.21. The van der Waals surface area contributed by atoms with Crippen LogP contribution in [0.15, 0.2) is 0 Å². The van der Waals surface area contributed by atoms with E-state index < -0.39 is 22.2 Å². The molecule has 0 spiro atoms. The van der Waals surface area contributed by atoms with Gasteiger partial charge in [0.1, 0.15) is 6.04 Å². The molecule has 7 heteroatoms. The number of carboxylic acids is 1. The van der Waals surface area contributed by atoms with Crippen molar-refractivity contribution in [3.05, 3.63) is 0 Å². The van der Waals surface area contributed by atoms with Crippen LogP contribution in [-0.2, 0) is 15.0 Å². The van der Waals surface area contributed by atoms with Gasteiger partial charge in [0.25, 0.3) is 10.2 Å². The number of nitrogens with zero attached hydrogens (tertiary/aromatic N) is 2. The van der Waals surface area contributed by atoms with Gasteiger partial charge in [-0.25, -0.2) is 0 Å². The summed E-state index contributed by atoms with van der Waals surface area (Å²) in [6.07, 6.45) is 9.07. The second-order valence-electron chi connectivity index (χ2n) is 5.41. The molecule has 0 bridgehead atoms. The van der Waals surface area contributed by atoms with Crippen molar-refractivity contribution in [1.82, 2.24) is 8.61 Å². The molecule has 0 amide bonds. The molecular weight excluding hydrogens is 280 g/mol. The summed E-state index contributed by atoms with van der Waals surface area (Å²) in [6.45, 7) is 0.655. The lowest BCUT2D eigenvalue weighted by molar-refractivity contribution is -0.142. The molecule has 2 rings (SSSR count). The highest BCUT2D eigenvalue weighted by Crippen LogP contribution is 2.32. The van der Waals surface area contributed by atoms with Gasteiger partial charge in [-0.05, 0) is 38.0 Å². The molecule has 112 valence electrons. The summed E-state index contributed by atoms with van der Waals surface area (Å²) < 4.78 is 27.7. The fourth-order valence-electron chi connectivity index (χ4n) is 2.51. The number of hydrogen-bond donors (Lipinski definition) is 1. The summed E-state index contributed by atoms with van der Waals surface area (Å²) in [5.74, 6) is 1.65. The average molecular weight is 300 g/mol. The molecule has 1 saturated heterocycles. The van der Waals surface area contributed by atoms with E-state index in [1.54, 1.807) is 0 Å². The van der Waals surface area contributed by atoms with E-state index in [9.17, 15) is 18.3 Å². The Hall–Kier alpha value is -1.10. The number of hydrogen-bond acceptors (Lipinski definition) is 3. The normalized spacial score (nSPS) is 24.5. The molecule has 2 aliphatic rings. The Balaban J connectivity index is 2.20. The van der Waals surface area contributed by atoms with Crippen LogP contribution in [0.2, 0.25) is 0 Å². The van der Waals surface area contributed by atoms with Crippen molar-refractivity contribution in [2.75, 3.05) is 19.6 Å². The zero-order valence-electron chi connectivity index (χ0n) is 11.4. The lowest BCUT2D eigenvalue weighted by Gasteiger charge is -2.35. The van der Waals surface area contributed by atoms with Crippen LogP contribution in [0.1, 0.15) is 32.1 Å². The molecule has 1 aliphatic heterocycles. The van der Waals surface area contributed by atoms with Crippen molar-refractivity contribution in [3.8, 4) is 12.3 Å². The van der Waals surface area contributed by atoms with Crippen molar-refractivity contribution in [2.24, 2.45) is 5.92 Å². The minimum Gasteiger partial charge on any atom is -0.480 e. The van der Waals surface area contributed by atoms with Crippen LogP contribution in [0.5, 0.6) is 0 Å². The van der Waals surface area contributed by atoms with Gasteiger partial charge in [0.05, 0.1) is 6.54 Å². The van der Waals surface area contributed by atoms with Crippen LogP contribution < -0.4 is 0 Å². The summed E-state index contributed by atoms with van der Waals surface area (Å²) in [6, 6.07) is -0.965. The third-order valence-electron chi connectivity index (χ3n) is 3.79. The first kappa shape index (κ1) is 15.3. The molecular formula is C13H20N2O4S. The summed E-state index contributed by atoms with van der Waals surface area (Å²) in [7, 11) is -3.79. The van der Waals surface area contributed by atoms with Crippen molar-refractivity contribution in [2.45, 2.75) is 38.1 Å². The van der Waals surface area contributed by atoms with Gasteiger partial charge in [-0.1, -0.05) is 5.92 Å². The smallest absolute Gasteiger partial charge is 0.322 e. The maximum atomic E-state index is 12.6. The Morgan fingerprint density at radius 1 is 1.35 bits per heavy atom. The number of rotatable bonds is 6. The van der Waals surface area contributed by atoms with E-state index in [0.717, 1.165) is 23.6 Å². The molecule has 0 aromatic rings. The van der Waals surface area contributed by atoms with Gasteiger partial charge in [-0.2, -0.15) is 17.0 Å². The molecule has 0 aromatic carbocycles. The SMILES string of the molecule is C#CCN(CC1CC1)S(=O)(=O)N1CCCCC1C(=O)O. The van der Waals surface area contributed by atoms with E-state index in [-0.39, 0.29) is 13.1 Å². The van der Waals surface area contributed by atoms with Crippen molar-refractivity contribution in [1.29, 1.82) is 0 Å². The Morgan fingerprint density at radius 2 is 2.05 bits per heavy atom. The Kier molecular flexibility index (Phi) is 4.68. The van der Waals surface area contributed by atoms with E-state index in [0.29, 0.717) is 25.3 Å².